The molecule has 3 rings (SSSR count). The van der Waals surface area contributed by atoms with Crippen LogP contribution in [0.3, 0.4) is 0 Å². The lowest BCUT2D eigenvalue weighted by molar-refractivity contribution is -0.117. The van der Waals surface area contributed by atoms with Crippen LogP contribution in [0.5, 0.6) is 0 Å². The fourth-order valence-corrected chi connectivity index (χ4v) is 2.97. The summed E-state index contributed by atoms with van der Waals surface area (Å²) in [5, 5.41) is 13.0. The van der Waals surface area contributed by atoms with E-state index in [9.17, 15) is 14.0 Å². The number of halogens is 3. The second-order valence-electron chi connectivity index (χ2n) is 6.28. The first-order valence-corrected chi connectivity index (χ1v) is 9.64. The number of nitrogens with one attached hydrogen (secondary N) is 2. The van der Waals surface area contributed by atoms with Crippen molar-refractivity contribution >= 4 is 50.7 Å². The largest absolute Gasteiger partial charge is 0.324 e. The molecule has 0 spiro atoms. The second kappa shape index (κ2) is 8.71. The predicted octanol–water partition coefficient (Wildman–Crippen LogP) is 4.34. The molecular weight excluding hydrogens is 465 g/mol. The van der Waals surface area contributed by atoms with Crippen molar-refractivity contribution < 1.29 is 14.0 Å². The minimum atomic E-state index is -0.576. The number of aromatic nitrogens is 3. The zero-order valence-electron chi connectivity index (χ0n) is 15.5. The Morgan fingerprint density at radius 1 is 1.14 bits per heavy atom. The minimum absolute atomic E-state index is 0.0955. The molecule has 0 aliphatic heterocycles. The van der Waals surface area contributed by atoms with Crippen LogP contribution in [-0.4, -0.2) is 26.8 Å². The first kappa shape index (κ1) is 20.9. The zero-order valence-corrected chi connectivity index (χ0v) is 17.8. The number of carbonyl (C=O) groups excluding carboxylic acids is 2. The molecule has 0 saturated carbocycles. The Bertz CT molecular complexity index is 1100. The lowest BCUT2D eigenvalue weighted by Crippen LogP contribution is -2.21. The molecule has 0 bridgehead atoms. The first-order chi connectivity index (χ1) is 13.7. The summed E-state index contributed by atoms with van der Waals surface area (Å²) >= 11 is 9.11. The number of amides is 2. The van der Waals surface area contributed by atoms with Crippen molar-refractivity contribution in [1.82, 2.24) is 15.0 Å². The van der Waals surface area contributed by atoms with E-state index in [1.165, 1.54) is 16.8 Å². The Morgan fingerprint density at radius 3 is 2.52 bits per heavy atom. The molecule has 0 atom stereocenters. The van der Waals surface area contributed by atoms with E-state index in [-0.39, 0.29) is 17.3 Å². The summed E-state index contributed by atoms with van der Waals surface area (Å²) in [6.45, 7) is 3.39. The van der Waals surface area contributed by atoms with Gasteiger partial charge in [-0.3, -0.25) is 9.59 Å². The highest BCUT2D eigenvalue weighted by atomic mass is 79.9. The van der Waals surface area contributed by atoms with Crippen molar-refractivity contribution in [1.29, 1.82) is 0 Å². The Labute approximate surface area is 179 Å². The number of hydrogen-bond donors (Lipinski definition) is 2. The van der Waals surface area contributed by atoms with Crippen molar-refractivity contribution in [2.75, 3.05) is 10.6 Å². The minimum Gasteiger partial charge on any atom is -0.324 e. The van der Waals surface area contributed by atoms with Crippen LogP contribution in [0, 0.1) is 19.7 Å². The fourth-order valence-electron chi connectivity index (χ4n) is 2.54. The predicted molar refractivity (Wildman–Crippen MR) is 112 cm³/mol. The highest BCUT2D eigenvalue weighted by Crippen LogP contribution is 2.21. The molecule has 150 valence electrons. The third-order valence-corrected chi connectivity index (χ3v) is 5.29. The highest BCUT2D eigenvalue weighted by molar-refractivity contribution is 9.10. The van der Waals surface area contributed by atoms with E-state index in [0.717, 1.165) is 16.1 Å². The van der Waals surface area contributed by atoms with Gasteiger partial charge < -0.3 is 10.6 Å². The summed E-state index contributed by atoms with van der Waals surface area (Å²) < 4.78 is 15.4. The molecule has 29 heavy (non-hydrogen) atoms. The van der Waals surface area contributed by atoms with Crippen LogP contribution in [0.4, 0.5) is 15.8 Å². The zero-order chi connectivity index (χ0) is 21.1. The molecule has 2 N–H and O–H groups in total. The van der Waals surface area contributed by atoms with Crippen molar-refractivity contribution in [2.24, 2.45) is 0 Å². The molecule has 7 nitrogen and oxygen atoms in total. The Balaban J connectivity index is 1.67. The molecule has 10 heteroatoms. The standard InChI is InChI=1S/C19H16BrClFN5O2/c1-10-7-12(3-5-14(10)20)24-19(29)18-11(2)27(26-25-18)9-17(28)23-13-4-6-16(22)15(21)8-13/h3-8H,9H2,1-2H3,(H,23,28)(H,24,29). The molecule has 2 aromatic carbocycles. The molecule has 0 aliphatic rings. The van der Waals surface area contributed by atoms with Gasteiger partial charge in [-0.25, -0.2) is 9.07 Å². The number of aryl methyl sites for hydroxylation is 1. The van der Waals surface area contributed by atoms with E-state index in [1.54, 1.807) is 13.0 Å². The number of benzene rings is 2. The highest BCUT2D eigenvalue weighted by Gasteiger charge is 2.18. The van der Waals surface area contributed by atoms with Gasteiger partial charge in [0.05, 0.1) is 10.7 Å². The molecule has 0 saturated heterocycles. The topological polar surface area (TPSA) is 88.9 Å². The maximum atomic E-state index is 13.2. The second-order valence-corrected chi connectivity index (χ2v) is 7.54. The van der Waals surface area contributed by atoms with Gasteiger partial charge in [0.25, 0.3) is 5.91 Å². The average molecular weight is 481 g/mol. The van der Waals surface area contributed by atoms with Crippen LogP contribution in [0.1, 0.15) is 21.7 Å². The quantitative estimate of drug-likeness (QED) is 0.568. The van der Waals surface area contributed by atoms with Gasteiger partial charge in [-0.1, -0.05) is 32.7 Å². The number of carbonyl (C=O) groups is 2. The molecular formula is C19H16BrClFN5O2. The average Bonchev–Trinajstić information content (AvgIpc) is 3.02. The van der Waals surface area contributed by atoms with E-state index >= 15 is 0 Å². The third kappa shape index (κ3) is 4.99. The van der Waals surface area contributed by atoms with Gasteiger partial charge in [0, 0.05) is 15.8 Å². The van der Waals surface area contributed by atoms with Crippen LogP contribution in [0.25, 0.3) is 0 Å². The van der Waals surface area contributed by atoms with Crippen molar-refractivity contribution in [3.05, 3.63) is 68.7 Å². The molecule has 2 amide bonds. The fraction of sp³-hybridized carbons (Fsp3) is 0.158. The first-order valence-electron chi connectivity index (χ1n) is 8.47. The number of hydrogen-bond acceptors (Lipinski definition) is 4. The molecule has 0 fully saturated rings. The summed E-state index contributed by atoms with van der Waals surface area (Å²) in [7, 11) is 0. The normalized spacial score (nSPS) is 10.7. The van der Waals surface area contributed by atoms with E-state index in [2.05, 4.69) is 36.9 Å². The van der Waals surface area contributed by atoms with Crippen LogP contribution in [0.2, 0.25) is 5.02 Å². The van der Waals surface area contributed by atoms with Crippen molar-refractivity contribution in [3.63, 3.8) is 0 Å². The molecule has 1 heterocycles. The summed E-state index contributed by atoms with van der Waals surface area (Å²) in [6, 6.07) is 9.28. The smallest absolute Gasteiger partial charge is 0.278 e. The molecule has 0 unspecified atom stereocenters. The summed E-state index contributed by atoms with van der Waals surface area (Å²) in [5.41, 5.74) is 2.49. The molecule has 3 aromatic rings. The maximum absolute atomic E-state index is 13.2. The third-order valence-electron chi connectivity index (χ3n) is 4.11. The molecule has 0 aliphatic carbocycles. The SMILES string of the molecule is Cc1cc(NC(=O)c2nnn(CC(=O)Nc3ccc(F)c(Cl)c3)c2C)ccc1Br. The number of anilines is 2. The van der Waals surface area contributed by atoms with Gasteiger partial charge in [0.15, 0.2) is 5.69 Å². The number of rotatable bonds is 5. The Kier molecular flexibility index (Phi) is 6.29. The van der Waals surface area contributed by atoms with E-state index in [4.69, 9.17) is 11.6 Å². The monoisotopic (exact) mass is 479 g/mol. The van der Waals surface area contributed by atoms with E-state index in [0.29, 0.717) is 17.1 Å². The van der Waals surface area contributed by atoms with Crippen LogP contribution in [0.15, 0.2) is 40.9 Å². The summed E-state index contributed by atoms with van der Waals surface area (Å²) in [6.07, 6.45) is 0. The lowest BCUT2D eigenvalue weighted by Gasteiger charge is -2.08. The molecule has 1 aromatic heterocycles. The Hall–Kier alpha value is -2.78. The number of nitrogens with zero attached hydrogens (tertiary/aromatic N) is 3. The lowest BCUT2D eigenvalue weighted by atomic mass is 10.2. The summed E-state index contributed by atoms with van der Waals surface area (Å²) in [4.78, 5) is 24.7. The maximum Gasteiger partial charge on any atom is 0.278 e. The van der Waals surface area contributed by atoms with Gasteiger partial charge >= 0.3 is 0 Å². The van der Waals surface area contributed by atoms with Crippen LogP contribution in [-0.2, 0) is 11.3 Å². The van der Waals surface area contributed by atoms with Crippen LogP contribution >= 0.6 is 27.5 Å². The van der Waals surface area contributed by atoms with Crippen LogP contribution < -0.4 is 10.6 Å². The van der Waals surface area contributed by atoms with Gasteiger partial charge in [0.1, 0.15) is 12.4 Å². The van der Waals surface area contributed by atoms with Gasteiger partial charge in [-0.05, 0) is 55.8 Å². The van der Waals surface area contributed by atoms with Gasteiger partial charge in [-0.2, -0.15) is 0 Å². The van der Waals surface area contributed by atoms with E-state index in [1.807, 2.05) is 19.1 Å². The van der Waals surface area contributed by atoms with Gasteiger partial charge in [0.2, 0.25) is 5.91 Å². The van der Waals surface area contributed by atoms with Crippen molar-refractivity contribution in [2.45, 2.75) is 20.4 Å². The van der Waals surface area contributed by atoms with Crippen molar-refractivity contribution in [3.8, 4) is 0 Å². The Morgan fingerprint density at radius 2 is 1.83 bits per heavy atom. The van der Waals surface area contributed by atoms with Gasteiger partial charge in [-0.15, -0.1) is 5.10 Å². The summed E-state index contributed by atoms with van der Waals surface area (Å²) in [5.74, 6) is -1.43. The van der Waals surface area contributed by atoms with E-state index < -0.39 is 17.6 Å². The molecule has 0 radical (unpaired) electrons.